The van der Waals surface area contributed by atoms with E-state index >= 15 is 0 Å². The first-order valence-electron chi connectivity index (χ1n) is 9.47. The third kappa shape index (κ3) is 4.22. The molecule has 0 aliphatic carbocycles. The van der Waals surface area contributed by atoms with Crippen LogP contribution in [0.15, 0.2) is 53.7 Å². The van der Waals surface area contributed by atoms with Crippen LogP contribution in [-0.2, 0) is 17.9 Å². The van der Waals surface area contributed by atoms with Crippen LogP contribution in [0, 0.1) is 0 Å². The average Bonchev–Trinajstić information content (AvgIpc) is 3.38. The summed E-state index contributed by atoms with van der Waals surface area (Å²) in [5.74, 6) is 2.20. The van der Waals surface area contributed by atoms with Crippen LogP contribution in [0.5, 0.6) is 11.5 Å². The molecule has 0 spiro atoms. The van der Waals surface area contributed by atoms with Crippen molar-refractivity contribution in [2.45, 2.75) is 37.3 Å². The topological polar surface area (TPSA) is 78.3 Å². The Morgan fingerprint density at radius 1 is 1.17 bits per heavy atom. The zero-order valence-electron chi connectivity index (χ0n) is 16.3. The summed E-state index contributed by atoms with van der Waals surface area (Å²) >= 11 is 1.41. The second-order valence-corrected chi connectivity index (χ2v) is 7.89. The highest BCUT2D eigenvalue weighted by atomic mass is 32.2. The molecule has 1 N–H and O–H groups in total. The Labute approximate surface area is 173 Å². The van der Waals surface area contributed by atoms with Crippen molar-refractivity contribution >= 4 is 17.7 Å². The van der Waals surface area contributed by atoms with Crippen molar-refractivity contribution in [3.05, 3.63) is 54.1 Å². The number of fused-ring (bicyclic) bond motifs is 1. The van der Waals surface area contributed by atoms with Crippen LogP contribution in [0.25, 0.3) is 11.4 Å². The number of hydrogen-bond donors (Lipinski definition) is 1. The van der Waals surface area contributed by atoms with Crippen LogP contribution in [0.2, 0.25) is 0 Å². The van der Waals surface area contributed by atoms with E-state index in [0.29, 0.717) is 12.3 Å². The molecule has 0 bridgehead atoms. The van der Waals surface area contributed by atoms with Gasteiger partial charge in [0.2, 0.25) is 12.7 Å². The minimum atomic E-state index is -0.304. The Hall–Kier alpha value is -3.00. The van der Waals surface area contributed by atoms with Gasteiger partial charge in [-0.15, -0.1) is 10.2 Å². The van der Waals surface area contributed by atoms with Gasteiger partial charge in [0.1, 0.15) is 0 Å². The molecule has 0 unspecified atom stereocenters. The number of nitrogens with zero attached hydrogens (tertiary/aromatic N) is 3. The number of thioether (sulfide) groups is 1. The minimum absolute atomic E-state index is 0.0559. The van der Waals surface area contributed by atoms with Gasteiger partial charge in [-0.3, -0.25) is 4.79 Å². The average molecular weight is 410 g/mol. The summed E-state index contributed by atoms with van der Waals surface area (Å²) in [4.78, 5) is 12.6. The molecular formula is C21H22N4O3S. The van der Waals surface area contributed by atoms with Crippen molar-refractivity contribution in [1.29, 1.82) is 0 Å². The maximum Gasteiger partial charge on any atom is 0.233 e. The van der Waals surface area contributed by atoms with Crippen LogP contribution < -0.4 is 14.8 Å². The van der Waals surface area contributed by atoms with Gasteiger partial charge in [-0.05, 0) is 31.5 Å². The summed E-state index contributed by atoms with van der Waals surface area (Å²) in [6.45, 7) is 5.31. The molecule has 0 radical (unpaired) electrons. The number of amides is 1. The highest BCUT2D eigenvalue weighted by Crippen LogP contribution is 2.32. The Morgan fingerprint density at radius 2 is 1.97 bits per heavy atom. The van der Waals surface area contributed by atoms with Gasteiger partial charge in [0.15, 0.2) is 22.5 Å². The third-order valence-electron chi connectivity index (χ3n) is 4.62. The van der Waals surface area contributed by atoms with Gasteiger partial charge in [-0.1, -0.05) is 48.2 Å². The second kappa shape index (κ2) is 8.57. The summed E-state index contributed by atoms with van der Waals surface area (Å²) < 4.78 is 12.7. The molecular weight excluding hydrogens is 388 g/mol. The lowest BCUT2D eigenvalue weighted by Gasteiger charge is -2.13. The minimum Gasteiger partial charge on any atom is -0.454 e. The highest BCUT2D eigenvalue weighted by Gasteiger charge is 2.20. The summed E-state index contributed by atoms with van der Waals surface area (Å²) in [6, 6.07) is 15.6. The zero-order valence-corrected chi connectivity index (χ0v) is 17.1. The number of aromatic nitrogens is 3. The lowest BCUT2D eigenvalue weighted by molar-refractivity contribution is -0.120. The number of carbonyl (C=O) groups is 1. The number of carbonyl (C=O) groups excluding carboxylic acids is 1. The number of ether oxygens (including phenoxy) is 2. The van der Waals surface area contributed by atoms with E-state index in [-0.39, 0.29) is 18.0 Å². The summed E-state index contributed by atoms with van der Waals surface area (Å²) in [5.41, 5.74) is 1.97. The maximum atomic E-state index is 12.6. The molecule has 8 heteroatoms. The molecule has 3 aromatic rings. The molecule has 29 heavy (non-hydrogen) atoms. The first kappa shape index (κ1) is 19.3. The van der Waals surface area contributed by atoms with Gasteiger partial charge >= 0.3 is 0 Å². The molecule has 0 saturated carbocycles. The van der Waals surface area contributed by atoms with E-state index < -0.39 is 0 Å². The molecule has 0 saturated heterocycles. The van der Waals surface area contributed by atoms with E-state index in [2.05, 4.69) is 15.5 Å². The molecule has 1 amide bonds. The zero-order chi connectivity index (χ0) is 20.2. The lowest BCUT2D eigenvalue weighted by Crippen LogP contribution is -2.30. The molecule has 2 aromatic carbocycles. The first-order valence-corrected chi connectivity index (χ1v) is 10.3. The highest BCUT2D eigenvalue weighted by molar-refractivity contribution is 8.00. The molecule has 2 heterocycles. The van der Waals surface area contributed by atoms with Gasteiger partial charge < -0.3 is 19.4 Å². The van der Waals surface area contributed by atoms with Gasteiger partial charge in [0.05, 0.1) is 5.25 Å². The van der Waals surface area contributed by atoms with E-state index in [9.17, 15) is 4.79 Å². The normalized spacial score (nSPS) is 13.3. The van der Waals surface area contributed by atoms with E-state index in [4.69, 9.17) is 9.47 Å². The van der Waals surface area contributed by atoms with Crippen LogP contribution in [-0.4, -0.2) is 32.7 Å². The van der Waals surface area contributed by atoms with E-state index in [1.165, 1.54) is 11.8 Å². The van der Waals surface area contributed by atoms with E-state index in [0.717, 1.165) is 34.4 Å². The van der Waals surface area contributed by atoms with Crippen molar-refractivity contribution in [3.63, 3.8) is 0 Å². The van der Waals surface area contributed by atoms with Gasteiger partial charge in [0.25, 0.3) is 0 Å². The van der Waals surface area contributed by atoms with Gasteiger partial charge in [-0.25, -0.2) is 0 Å². The SMILES string of the molecule is CCn1c(S[C@@H](C)C(=O)NCc2ccc3c(c2)OCO3)nnc1-c1ccccc1. The lowest BCUT2D eigenvalue weighted by atomic mass is 10.2. The van der Waals surface area contributed by atoms with Gasteiger partial charge in [0, 0.05) is 18.7 Å². The first-order chi connectivity index (χ1) is 14.2. The molecule has 1 atom stereocenters. The molecule has 150 valence electrons. The Bertz CT molecular complexity index is 1010. The molecule has 4 rings (SSSR count). The standard InChI is InChI=1S/C21H22N4O3S/c1-3-25-19(16-7-5-4-6-8-16)23-24-21(25)29-14(2)20(26)22-12-15-9-10-17-18(11-15)28-13-27-17/h4-11,14H,3,12-13H2,1-2H3,(H,22,26)/t14-/m0/s1. The molecule has 0 fully saturated rings. The molecule has 1 aliphatic heterocycles. The summed E-state index contributed by atoms with van der Waals surface area (Å²) in [7, 11) is 0. The molecule has 7 nitrogen and oxygen atoms in total. The Morgan fingerprint density at radius 3 is 2.76 bits per heavy atom. The maximum absolute atomic E-state index is 12.6. The second-order valence-electron chi connectivity index (χ2n) is 6.58. The predicted octanol–water partition coefficient (Wildman–Crippen LogP) is 3.49. The van der Waals surface area contributed by atoms with Crippen molar-refractivity contribution in [2.24, 2.45) is 0 Å². The fourth-order valence-corrected chi connectivity index (χ4v) is 3.99. The smallest absolute Gasteiger partial charge is 0.233 e. The number of benzene rings is 2. The van der Waals surface area contributed by atoms with Crippen molar-refractivity contribution in [1.82, 2.24) is 20.1 Å². The molecule has 1 aliphatic rings. The summed E-state index contributed by atoms with van der Waals surface area (Å²) in [5, 5.41) is 12.0. The van der Waals surface area contributed by atoms with Crippen molar-refractivity contribution < 1.29 is 14.3 Å². The monoisotopic (exact) mass is 410 g/mol. The number of rotatable bonds is 7. The largest absolute Gasteiger partial charge is 0.454 e. The van der Waals surface area contributed by atoms with Crippen LogP contribution in [0.4, 0.5) is 0 Å². The van der Waals surface area contributed by atoms with E-state index in [1.54, 1.807) is 0 Å². The Kier molecular flexibility index (Phi) is 5.71. The number of hydrogen-bond acceptors (Lipinski definition) is 6. The van der Waals surface area contributed by atoms with Crippen molar-refractivity contribution in [2.75, 3.05) is 6.79 Å². The van der Waals surface area contributed by atoms with Crippen LogP contribution in [0.3, 0.4) is 0 Å². The third-order valence-corrected chi connectivity index (χ3v) is 5.70. The number of nitrogens with one attached hydrogen (secondary N) is 1. The van der Waals surface area contributed by atoms with Crippen molar-refractivity contribution in [3.8, 4) is 22.9 Å². The fourth-order valence-electron chi connectivity index (χ4n) is 3.06. The predicted molar refractivity (Wildman–Crippen MR) is 111 cm³/mol. The Balaban J connectivity index is 1.39. The molecule has 1 aromatic heterocycles. The van der Waals surface area contributed by atoms with Crippen LogP contribution >= 0.6 is 11.8 Å². The van der Waals surface area contributed by atoms with Gasteiger partial charge in [-0.2, -0.15) is 0 Å². The van der Waals surface area contributed by atoms with Crippen LogP contribution in [0.1, 0.15) is 19.4 Å². The quantitative estimate of drug-likeness (QED) is 0.601. The van der Waals surface area contributed by atoms with E-state index in [1.807, 2.05) is 66.9 Å². The summed E-state index contributed by atoms with van der Waals surface area (Å²) in [6.07, 6.45) is 0. The fraction of sp³-hybridized carbons (Fsp3) is 0.286.